The van der Waals surface area contributed by atoms with Gasteiger partial charge >= 0.3 is 0 Å². The second-order valence-corrected chi connectivity index (χ2v) is 5.99. The molecule has 0 aliphatic carbocycles. The van der Waals surface area contributed by atoms with Crippen molar-refractivity contribution >= 4 is 11.6 Å². The quantitative estimate of drug-likeness (QED) is 0.870. The minimum absolute atomic E-state index is 0.156. The van der Waals surface area contributed by atoms with Gasteiger partial charge in [0.15, 0.2) is 5.82 Å². The summed E-state index contributed by atoms with van der Waals surface area (Å²) in [5, 5.41) is 11.0. The molecule has 1 aromatic carbocycles. The summed E-state index contributed by atoms with van der Waals surface area (Å²) in [6.07, 6.45) is 3.35. The van der Waals surface area contributed by atoms with Crippen molar-refractivity contribution in [2.45, 2.75) is 32.4 Å². The molecule has 1 fully saturated rings. The molecule has 24 heavy (non-hydrogen) atoms. The fourth-order valence-electron chi connectivity index (χ4n) is 2.96. The molecule has 2 aromatic rings. The summed E-state index contributed by atoms with van der Waals surface area (Å²) in [5.41, 5.74) is 7.75. The van der Waals surface area contributed by atoms with Crippen molar-refractivity contribution in [3.8, 4) is 11.4 Å². The average molecular weight is 329 g/mol. The highest BCUT2D eigenvalue weighted by molar-refractivity contribution is 5.95. The topological polar surface area (TPSA) is 95.1 Å². The highest BCUT2D eigenvalue weighted by atomic mass is 16.5. The Balaban J connectivity index is 1.71. The van der Waals surface area contributed by atoms with Crippen LogP contribution in [-0.2, 0) is 16.1 Å². The molecule has 0 bridgehead atoms. The number of rotatable bonds is 5. The molecule has 3 rings (SSSR count). The normalized spacial score (nSPS) is 16.8. The molecule has 3 N–H and O–H groups in total. The molecule has 2 heterocycles. The van der Waals surface area contributed by atoms with Gasteiger partial charge in [0.05, 0.1) is 6.04 Å². The summed E-state index contributed by atoms with van der Waals surface area (Å²) < 4.78 is 7.28. The number of hydrogen-bond acceptors (Lipinski definition) is 5. The largest absolute Gasteiger partial charge is 0.381 e. The molecule has 1 aliphatic heterocycles. The molecule has 7 heteroatoms. The van der Waals surface area contributed by atoms with Gasteiger partial charge in [-0.1, -0.05) is 12.1 Å². The Labute approximate surface area is 141 Å². The predicted molar refractivity (Wildman–Crippen MR) is 91.3 cm³/mol. The first kappa shape index (κ1) is 16.6. The molecule has 0 saturated carbocycles. The molecule has 1 amide bonds. The monoisotopic (exact) mass is 329 g/mol. The van der Waals surface area contributed by atoms with E-state index in [1.807, 2.05) is 35.8 Å². The van der Waals surface area contributed by atoms with Crippen LogP contribution in [0.3, 0.4) is 0 Å². The van der Waals surface area contributed by atoms with Gasteiger partial charge < -0.3 is 20.4 Å². The van der Waals surface area contributed by atoms with Gasteiger partial charge in [0.1, 0.15) is 6.33 Å². The Morgan fingerprint density at radius 1 is 1.46 bits per heavy atom. The number of aromatic nitrogens is 3. The first-order valence-corrected chi connectivity index (χ1v) is 8.31. The molecule has 1 saturated heterocycles. The van der Waals surface area contributed by atoms with Crippen molar-refractivity contribution in [3.05, 3.63) is 30.6 Å². The van der Waals surface area contributed by atoms with Crippen molar-refractivity contribution in [3.63, 3.8) is 0 Å². The van der Waals surface area contributed by atoms with Gasteiger partial charge in [0.25, 0.3) is 0 Å². The van der Waals surface area contributed by atoms with Crippen LogP contribution < -0.4 is 11.1 Å². The van der Waals surface area contributed by atoms with E-state index in [4.69, 9.17) is 10.5 Å². The molecular weight excluding hydrogens is 306 g/mol. The van der Waals surface area contributed by atoms with Gasteiger partial charge in [0, 0.05) is 31.0 Å². The van der Waals surface area contributed by atoms with Crippen molar-refractivity contribution in [2.24, 2.45) is 11.7 Å². The van der Waals surface area contributed by atoms with E-state index in [1.165, 1.54) is 0 Å². The second-order valence-electron chi connectivity index (χ2n) is 5.99. The molecular formula is C17H23N5O2. The maximum atomic E-state index is 12.4. The lowest BCUT2D eigenvalue weighted by Gasteiger charge is -2.26. The first-order chi connectivity index (χ1) is 11.7. The molecule has 0 radical (unpaired) electrons. The smallest absolute Gasteiger partial charge is 0.241 e. The minimum atomic E-state index is -0.517. The third-order valence-corrected chi connectivity index (χ3v) is 4.42. The number of anilines is 1. The highest BCUT2D eigenvalue weighted by Crippen LogP contribution is 2.22. The van der Waals surface area contributed by atoms with Crippen LogP contribution >= 0.6 is 0 Å². The van der Waals surface area contributed by atoms with E-state index >= 15 is 0 Å². The van der Waals surface area contributed by atoms with E-state index in [-0.39, 0.29) is 11.8 Å². The lowest BCUT2D eigenvalue weighted by molar-refractivity contribution is -0.119. The van der Waals surface area contributed by atoms with Crippen molar-refractivity contribution in [2.75, 3.05) is 18.5 Å². The first-order valence-electron chi connectivity index (χ1n) is 8.31. The predicted octanol–water partition coefficient (Wildman–Crippen LogP) is 1.66. The number of carbonyl (C=O) groups is 1. The summed E-state index contributed by atoms with van der Waals surface area (Å²) in [5.74, 6) is 0.795. The Morgan fingerprint density at radius 2 is 2.25 bits per heavy atom. The Hall–Kier alpha value is -2.25. The third kappa shape index (κ3) is 3.63. The maximum Gasteiger partial charge on any atom is 0.241 e. The Bertz CT molecular complexity index is 694. The van der Waals surface area contributed by atoms with Crippen molar-refractivity contribution in [1.82, 2.24) is 14.8 Å². The third-order valence-electron chi connectivity index (χ3n) is 4.42. The zero-order chi connectivity index (χ0) is 16.9. The van der Waals surface area contributed by atoms with Crippen LogP contribution in [0.4, 0.5) is 5.69 Å². The number of carbonyl (C=O) groups excluding carboxylic acids is 1. The van der Waals surface area contributed by atoms with Crippen LogP contribution in [0.2, 0.25) is 0 Å². The van der Waals surface area contributed by atoms with Crippen LogP contribution in [0.1, 0.15) is 19.8 Å². The number of nitrogens with one attached hydrogen (secondary N) is 1. The van der Waals surface area contributed by atoms with Gasteiger partial charge in [0.2, 0.25) is 5.91 Å². The Morgan fingerprint density at radius 3 is 3.00 bits per heavy atom. The SMILES string of the molecule is CCn1cnnc1-c1cccc(NC(=O)C(N)C2CCOCC2)c1. The van der Waals surface area contributed by atoms with Crippen LogP contribution in [-0.4, -0.2) is 39.9 Å². The standard InChI is InChI=1S/C17H23N5O2/c1-2-22-11-19-21-16(22)13-4-3-5-14(10-13)20-17(23)15(18)12-6-8-24-9-7-12/h3-5,10-12,15H,2,6-9,18H2,1H3,(H,20,23). The molecule has 128 valence electrons. The van der Waals surface area contributed by atoms with E-state index in [0.717, 1.165) is 30.8 Å². The number of benzene rings is 1. The van der Waals surface area contributed by atoms with Gasteiger partial charge in [-0.05, 0) is 37.8 Å². The number of hydrogen-bond donors (Lipinski definition) is 2. The summed E-state index contributed by atoms with van der Waals surface area (Å²) in [4.78, 5) is 12.4. The maximum absolute atomic E-state index is 12.4. The van der Waals surface area contributed by atoms with Gasteiger partial charge in [-0.15, -0.1) is 10.2 Å². The minimum Gasteiger partial charge on any atom is -0.381 e. The lowest BCUT2D eigenvalue weighted by atomic mass is 9.92. The van der Waals surface area contributed by atoms with E-state index in [9.17, 15) is 4.79 Å². The van der Waals surface area contributed by atoms with Crippen LogP contribution in [0.5, 0.6) is 0 Å². The molecule has 0 spiro atoms. The average Bonchev–Trinajstić information content (AvgIpc) is 3.11. The number of nitrogens with two attached hydrogens (primary N) is 1. The fraction of sp³-hybridized carbons (Fsp3) is 0.471. The molecule has 1 aliphatic rings. The summed E-state index contributed by atoms with van der Waals surface area (Å²) in [7, 11) is 0. The van der Waals surface area contributed by atoms with Gasteiger partial charge in [-0.25, -0.2) is 0 Å². The lowest BCUT2D eigenvalue weighted by Crippen LogP contribution is -2.44. The number of amides is 1. The molecule has 7 nitrogen and oxygen atoms in total. The van der Waals surface area contributed by atoms with E-state index in [0.29, 0.717) is 18.9 Å². The van der Waals surface area contributed by atoms with Crippen LogP contribution in [0.15, 0.2) is 30.6 Å². The van der Waals surface area contributed by atoms with E-state index in [1.54, 1.807) is 6.33 Å². The molecule has 1 aromatic heterocycles. The number of nitrogens with zero attached hydrogens (tertiary/aromatic N) is 3. The summed E-state index contributed by atoms with van der Waals surface area (Å²) >= 11 is 0. The number of ether oxygens (including phenoxy) is 1. The van der Waals surface area contributed by atoms with E-state index < -0.39 is 6.04 Å². The van der Waals surface area contributed by atoms with Crippen molar-refractivity contribution < 1.29 is 9.53 Å². The van der Waals surface area contributed by atoms with Crippen molar-refractivity contribution in [1.29, 1.82) is 0 Å². The Kier molecular flexibility index (Phi) is 5.22. The van der Waals surface area contributed by atoms with E-state index in [2.05, 4.69) is 15.5 Å². The zero-order valence-corrected chi connectivity index (χ0v) is 13.8. The second kappa shape index (κ2) is 7.55. The summed E-state index contributed by atoms with van der Waals surface area (Å²) in [6, 6.07) is 7.07. The number of aryl methyl sites for hydroxylation is 1. The van der Waals surface area contributed by atoms with Crippen LogP contribution in [0.25, 0.3) is 11.4 Å². The fourth-order valence-corrected chi connectivity index (χ4v) is 2.96. The van der Waals surface area contributed by atoms with Crippen LogP contribution in [0, 0.1) is 5.92 Å². The molecule has 1 atom stereocenters. The molecule has 1 unspecified atom stereocenters. The zero-order valence-electron chi connectivity index (χ0n) is 13.8. The highest BCUT2D eigenvalue weighted by Gasteiger charge is 2.26. The summed E-state index contributed by atoms with van der Waals surface area (Å²) in [6.45, 7) is 4.17. The van der Waals surface area contributed by atoms with Gasteiger partial charge in [-0.3, -0.25) is 4.79 Å². The van der Waals surface area contributed by atoms with Gasteiger partial charge in [-0.2, -0.15) is 0 Å².